The number of rotatable bonds is 29. The molecule has 0 N–H and O–H groups in total. The van der Waals surface area contributed by atoms with Crippen LogP contribution in [0.1, 0.15) is 169 Å². The molecule has 0 saturated carbocycles. The van der Waals surface area contributed by atoms with Crippen LogP contribution < -0.4 is 0 Å². The molecule has 2 atom stereocenters. The molecule has 0 rings (SSSR count). The molecular formula is C36H70N2O5S. The Morgan fingerprint density at radius 3 is 1.36 bits per heavy atom. The average molecular weight is 643 g/mol. The zero-order valence-electron chi connectivity index (χ0n) is 29.7. The molecule has 0 heterocycles. The normalized spacial score (nSPS) is 12.7. The Morgan fingerprint density at radius 2 is 0.955 bits per heavy atom. The van der Waals surface area contributed by atoms with Crippen LogP contribution in [0.2, 0.25) is 0 Å². The largest absolute Gasteiger partial charge is 0.461 e. The van der Waals surface area contributed by atoms with Crippen LogP contribution in [0.5, 0.6) is 0 Å². The van der Waals surface area contributed by atoms with Crippen LogP contribution in [0.4, 0.5) is 9.59 Å². The average Bonchev–Trinajstić information content (AvgIpc) is 2.99. The van der Waals surface area contributed by atoms with E-state index in [2.05, 4.69) is 27.7 Å². The standard InChI is InChI=1S/C36H70N2O5S/c1-7-11-15-19-23-26-32(25-21-17-13-9-3)42-34(39)31-38(36(41)44-30-29-37(5)6)35(40)43-33(27-22-18-14-10-4)28-24-20-16-12-8-2/h32-33H,7-31H2,1-6H3. The second-order valence-corrected chi connectivity index (χ2v) is 13.8. The molecule has 0 fully saturated rings. The first kappa shape index (κ1) is 42.7. The van der Waals surface area contributed by atoms with E-state index in [-0.39, 0.29) is 12.2 Å². The van der Waals surface area contributed by atoms with Gasteiger partial charge in [0.1, 0.15) is 18.8 Å². The molecule has 7 nitrogen and oxygen atoms in total. The molecule has 0 aromatic heterocycles. The van der Waals surface area contributed by atoms with E-state index < -0.39 is 23.8 Å². The van der Waals surface area contributed by atoms with Crippen LogP contribution in [0, 0.1) is 0 Å². The number of ether oxygens (including phenoxy) is 2. The molecule has 0 saturated heterocycles. The van der Waals surface area contributed by atoms with Gasteiger partial charge in [0, 0.05) is 12.3 Å². The van der Waals surface area contributed by atoms with Crippen molar-refractivity contribution < 1.29 is 23.9 Å². The van der Waals surface area contributed by atoms with Crippen molar-refractivity contribution in [2.75, 3.05) is 32.9 Å². The van der Waals surface area contributed by atoms with Crippen LogP contribution in [-0.2, 0) is 14.3 Å². The summed E-state index contributed by atoms with van der Waals surface area (Å²) >= 11 is 1.06. The molecule has 0 aliphatic carbocycles. The molecule has 44 heavy (non-hydrogen) atoms. The Hall–Kier alpha value is -1.28. The van der Waals surface area contributed by atoms with Gasteiger partial charge in [-0.3, -0.25) is 9.59 Å². The number of hydrogen-bond donors (Lipinski definition) is 0. The SMILES string of the molecule is CCCCCCCC(CCCCCC)OC(=O)CN(C(=O)OC(CCCCCC)CCCCCCC)C(=O)SCCN(C)C. The quantitative estimate of drug-likeness (QED) is 0.0593. The maximum absolute atomic E-state index is 13.5. The van der Waals surface area contributed by atoms with Gasteiger partial charge in [-0.25, -0.2) is 9.69 Å². The molecule has 260 valence electrons. The molecule has 0 aliphatic rings. The molecule has 0 aromatic rings. The summed E-state index contributed by atoms with van der Waals surface area (Å²) in [7, 11) is 3.89. The Morgan fingerprint density at radius 1 is 0.568 bits per heavy atom. The third kappa shape index (κ3) is 25.0. The summed E-state index contributed by atoms with van der Waals surface area (Å²) in [5, 5.41) is -0.444. The Balaban J connectivity index is 5.49. The number of carbonyl (C=O) groups excluding carboxylic acids is 3. The Bertz CT molecular complexity index is 706. The zero-order chi connectivity index (χ0) is 32.8. The van der Waals surface area contributed by atoms with Crippen LogP contribution in [0.3, 0.4) is 0 Å². The minimum atomic E-state index is -0.711. The maximum atomic E-state index is 13.5. The number of imide groups is 1. The fraction of sp³-hybridized carbons (Fsp3) is 0.917. The van der Waals surface area contributed by atoms with Gasteiger partial charge >= 0.3 is 12.1 Å². The van der Waals surface area contributed by atoms with E-state index in [0.29, 0.717) is 12.3 Å². The summed E-state index contributed by atoms with van der Waals surface area (Å²) in [4.78, 5) is 43.0. The van der Waals surface area contributed by atoms with Gasteiger partial charge in [-0.2, -0.15) is 0 Å². The smallest absolute Gasteiger partial charge is 0.418 e. The summed E-state index contributed by atoms with van der Waals surface area (Å²) in [5.74, 6) is 0.0111. The summed E-state index contributed by atoms with van der Waals surface area (Å²) in [6, 6.07) is 0. The van der Waals surface area contributed by atoms with Gasteiger partial charge in [-0.15, -0.1) is 0 Å². The summed E-state index contributed by atoms with van der Waals surface area (Å²) in [5.41, 5.74) is 0. The number of hydrogen-bond acceptors (Lipinski definition) is 7. The van der Waals surface area contributed by atoms with Gasteiger partial charge in [-0.05, 0) is 65.5 Å². The third-order valence-corrected chi connectivity index (χ3v) is 8.93. The maximum Gasteiger partial charge on any atom is 0.418 e. The topological polar surface area (TPSA) is 76.1 Å². The second-order valence-electron chi connectivity index (χ2n) is 12.7. The van der Waals surface area contributed by atoms with E-state index in [4.69, 9.17) is 9.47 Å². The third-order valence-electron chi connectivity index (χ3n) is 8.08. The number of esters is 1. The van der Waals surface area contributed by atoms with Gasteiger partial charge in [-0.1, -0.05) is 129 Å². The van der Waals surface area contributed by atoms with Gasteiger partial charge in [0.25, 0.3) is 5.24 Å². The van der Waals surface area contributed by atoms with Gasteiger partial charge in [0.05, 0.1) is 0 Å². The number of thioether (sulfide) groups is 1. The lowest BCUT2D eigenvalue weighted by Crippen LogP contribution is -2.42. The van der Waals surface area contributed by atoms with Crippen molar-refractivity contribution in [3.05, 3.63) is 0 Å². The lowest BCUT2D eigenvalue weighted by Gasteiger charge is -2.25. The highest BCUT2D eigenvalue weighted by atomic mass is 32.2. The highest BCUT2D eigenvalue weighted by molar-refractivity contribution is 8.13. The number of unbranched alkanes of at least 4 members (excludes halogenated alkanes) is 14. The van der Waals surface area contributed by atoms with Crippen LogP contribution in [0.25, 0.3) is 0 Å². The minimum absolute atomic E-state index is 0.176. The van der Waals surface area contributed by atoms with Gasteiger partial charge in [0.15, 0.2) is 0 Å². The van der Waals surface area contributed by atoms with Crippen molar-refractivity contribution in [3.63, 3.8) is 0 Å². The first-order valence-corrected chi connectivity index (χ1v) is 19.3. The summed E-state index contributed by atoms with van der Waals surface area (Å²) in [6.45, 7) is 9.08. The van der Waals surface area contributed by atoms with E-state index in [9.17, 15) is 14.4 Å². The van der Waals surface area contributed by atoms with Crippen molar-refractivity contribution in [3.8, 4) is 0 Å². The minimum Gasteiger partial charge on any atom is -0.461 e. The monoisotopic (exact) mass is 643 g/mol. The van der Waals surface area contributed by atoms with E-state index in [1.807, 2.05) is 19.0 Å². The highest BCUT2D eigenvalue weighted by Gasteiger charge is 2.30. The van der Waals surface area contributed by atoms with E-state index in [1.54, 1.807) is 0 Å². The van der Waals surface area contributed by atoms with E-state index in [1.165, 1.54) is 44.9 Å². The number of amides is 2. The van der Waals surface area contributed by atoms with E-state index in [0.717, 1.165) is 113 Å². The zero-order valence-corrected chi connectivity index (χ0v) is 30.5. The first-order valence-electron chi connectivity index (χ1n) is 18.3. The predicted octanol–water partition coefficient (Wildman–Crippen LogP) is 10.8. The van der Waals surface area contributed by atoms with Crippen molar-refractivity contribution in [1.29, 1.82) is 0 Å². The predicted molar refractivity (Wildman–Crippen MR) is 188 cm³/mol. The van der Waals surface area contributed by atoms with Crippen molar-refractivity contribution in [1.82, 2.24) is 9.80 Å². The molecular weight excluding hydrogens is 572 g/mol. The molecule has 0 aliphatic heterocycles. The Labute approximate surface area is 276 Å². The van der Waals surface area contributed by atoms with Crippen molar-refractivity contribution in [2.24, 2.45) is 0 Å². The van der Waals surface area contributed by atoms with Gasteiger partial charge < -0.3 is 14.4 Å². The van der Waals surface area contributed by atoms with Crippen molar-refractivity contribution in [2.45, 2.75) is 181 Å². The molecule has 0 spiro atoms. The Kier molecular flexibility index (Phi) is 29.5. The van der Waals surface area contributed by atoms with Crippen molar-refractivity contribution >= 4 is 29.1 Å². The molecule has 0 radical (unpaired) electrons. The first-order chi connectivity index (χ1) is 21.3. The number of nitrogens with zero attached hydrogens (tertiary/aromatic N) is 2. The fourth-order valence-corrected chi connectivity index (χ4v) is 6.15. The molecule has 0 aromatic carbocycles. The molecule has 2 unspecified atom stereocenters. The van der Waals surface area contributed by atoms with Crippen LogP contribution >= 0.6 is 11.8 Å². The fourth-order valence-electron chi connectivity index (χ4n) is 5.23. The molecule has 8 heteroatoms. The molecule has 2 amide bonds. The molecule has 0 bridgehead atoms. The van der Waals surface area contributed by atoms with Gasteiger partial charge in [0.2, 0.25) is 0 Å². The highest BCUT2D eigenvalue weighted by Crippen LogP contribution is 2.20. The summed E-state index contributed by atoms with van der Waals surface area (Å²) in [6.07, 6.45) is 22.5. The van der Waals surface area contributed by atoms with Crippen LogP contribution in [-0.4, -0.2) is 72.2 Å². The van der Waals surface area contributed by atoms with Crippen LogP contribution in [0.15, 0.2) is 0 Å². The lowest BCUT2D eigenvalue weighted by molar-refractivity contribution is -0.150. The number of carbonyl (C=O) groups is 3. The summed E-state index contributed by atoms with van der Waals surface area (Å²) < 4.78 is 11.9. The lowest BCUT2D eigenvalue weighted by atomic mass is 10.0. The second kappa shape index (κ2) is 30.4. The van der Waals surface area contributed by atoms with E-state index >= 15 is 0 Å².